The van der Waals surface area contributed by atoms with Gasteiger partial charge in [-0.2, -0.15) is 5.26 Å². The lowest BCUT2D eigenvalue weighted by atomic mass is 9.95. The van der Waals surface area contributed by atoms with Crippen LogP contribution < -0.4 is 30.7 Å². The number of ether oxygens (including phenoxy) is 4. The zero-order valence-corrected chi connectivity index (χ0v) is 57.0. The second-order valence-corrected chi connectivity index (χ2v) is 26.7. The number of nitriles is 1. The van der Waals surface area contributed by atoms with E-state index in [1.54, 1.807) is 69.9 Å². The number of imidazole rings is 3. The molecular weight excluding hydrogens is 1360 g/mol. The summed E-state index contributed by atoms with van der Waals surface area (Å²) < 4.78 is 70.6. The second kappa shape index (κ2) is 31.3. The van der Waals surface area contributed by atoms with Crippen LogP contribution in [0.15, 0.2) is 88.6 Å². The molecule has 0 radical (unpaired) electrons. The van der Waals surface area contributed by atoms with Crippen molar-refractivity contribution in [1.29, 1.82) is 5.26 Å². The van der Waals surface area contributed by atoms with Crippen molar-refractivity contribution in [3.63, 3.8) is 0 Å². The molecule has 0 spiro atoms. The Hall–Kier alpha value is -7.92. The summed E-state index contributed by atoms with van der Waals surface area (Å²) in [4.78, 5) is 64.1. The van der Waals surface area contributed by atoms with Crippen molar-refractivity contribution in [3.05, 3.63) is 152 Å². The first kappa shape index (κ1) is 71.4. The van der Waals surface area contributed by atoms with Gasteiger partial charge in [-0.25, -0.2) is 37.8 Å². The fourth-order valence-electron chi connectivity index (χ4n) is 12.3. The molecule has 5 saturated heterocycles. The Kier molecular flexibility index (Phi) is 23.5. The zero-order valence-electron chi connectivity index (χ0n) is 53.8. The predicted molar refractivity (Wildman–Crippen MR) is 352 cm³/mol. The molecule has 8 heterocycles. The summed E-state index contributed by atoms with van der Waals surface area (Å²) in [5.41, 5.74) is 3.20. The minimum absolute atomic E-state index is 0.186. The summed E-state index contributed by atoms with van der Waals surface area (Å²) in [5.74, 6) is -1.83. The van der Waals surface area contributed by atoms with Crippen LogP contribution in [-0.4, -0.2) is 145 Å². The lowest BCUT2D eigenvalue weighted by molar-refractivity contribution is -0.156. The molecular formula is C66H78Br2F3N15O9. The van der Waals surface area contributed by atoms with Gasteiger partial charge >= 0.3 is 0 Å². The van der Waals surface area contributed by atoms with Crippen LogP contribution in [-0.2, 0) is 54.5 Å². The number of halogens is 5. The number of hydrogen-bond donors (Lipinski definition) is 5. The number of hydrogen-bond acceptors (Lipinski definition) is 16. The Morgan fingerprint density at radius 2 is 1.05 bits per heavy atom. The first-order valence-electron chi connectivity index (χ1n) is 31.3. The fraction of sp³-hybridized carbons (Fsp3) is 0.500. The van der Waals surface area contributed by atoms with E-state index < -0.39 is 71.6 Å². The van der Waals surface area contributed by atoms with Crippen molar-refractivity contribution in [2.75, 3.05) is 73.6 Å². The minimum Gasteiger partial charge on any atom is -0.382 e. The van der Waals surface area contributed by atoms with Crippen LogP contribution in [0.1, 0.15) is 108 Å². The van der Waals surface area contributed by atoms with Crippen molar-refractivity contribution in [2.24, 2.45) is 38.9 Å². The highest BCUT2D eigenvalue weighted by Crippen LogP contribution is 2.41. The van der Waals surface area contributed by atoms with Crippen LogP contribution in [0.25, 0.3) is 9.69 Å². The summed E-state index contributed by atoms with van der Waals surface area (Å²) >= 11 is 6.68. The van der Waals surface area contributed by atoms with Gasteiger partial charge in [0, 0.05) is 104 Å². The van der Waals surface area contributed by atoms with Gasteiger partial charge in [-0.05, 0) is 170 Å². The van der Waals surface area contributed by atoms with Crippen molar-refractivity contribution in [1.82, 2.24) is 44.6 Å². The molecule has 0 unspecified atom stereocenters. The molecule has 3 amide bonds. The Balaban J connectivity index is 0.000000168. The molecule has 5 fully saturated rings. The van der Waals surface area contributed by atoms with Gasteiger partial charge in [0.25, 0.3) is 17.7 Å². The molecule has 6 aromatic rings. The molecule has 11 rings (SSSR count). The fourth-order valence-corrected chi connectivity index (χ4v) is 12.9. The van der Waals surface area contributed by atoms with Gasteiger partial charge in [-0.15, -0.1) is 0 Å². The van der Waals surface area contributed by atoms with E-state index in [-0.39, 0.29) is 23.6 Å². The Morgan fingerprint density at radius 1 is 0.632 bits per heavy atom. The molecule has 0 aliphatic carbocycles. The third kappa shape index (κ3) is 17.6. The highest BCUT2D eigenvalue weighted by Gasteiger charge is 2.49. The number of aliphatic hydroxyl groups excluding tert-OH is 2. The van der Waals surface area contributed by atoms with E-state index >= 15 is 0 Å². The van der Waals surface area contributed by atoms with E-state index in [9.17, 15) is 43.0 Å². The number of anilines is 3. The summed E-state index contributed by atoms with van der Waals surface area (Å²) in [6.07, 6.45) is 5.82. The molecule has 5 N–H and O–H groups in total. The second-order valence-electron chi connectivity index (χ2n) is 25.0. The van der Waals surface area contributed by atoms with E-state index in [4.69, 9.17) is 32.1 Å². The van der Waals surface area contributed by atoms with Gasteiger partial charge in [-0.1, -0.05) is 0 Å². The van der Waals surface area contributed by atoms with E-state index in [0.717, 1.165) is 80.7 Å². The number of piperidine rings is 3. The molecule has 24 nitrogen and oxygen atoms in total. The third-order valence-electron chi connectivity index (χ3n) is 17.6. The quantitative estimate of drug-likeness (QED) is 0.0566. The maximum Gasteiger partial charge on any atom is 0.252 e. The van der Waals surface area contributed by atoms with Crippen molar-refractivity contribution in [2.45, 2.75) is 114 Å². The largest absolute Gasteiger partial charge is 0.382 e. The summed E-state index contributed by atoms with van der Waals surface area (Å²) in [6, 6.07) is 14.9. The van der Waals surface area contributed by atoms with Gasteiger partial charge < -0.3 is 73.5 Å². The molecule has 5 aliphatic rings. The Morgan fingerprint density at radius 3 is 1.46 bits per heavy atom. The molecule has 29 heteroatoms. The van der Waals surface area contributed by atoms with E-state index in [0.29, 0.717) is 83.4 Å². The smallest absolute Gasteiger partial charge is 0.252 e. The number of nitrogens with zero attached hydrogens (tertiary/aromatic N) is 12. The Labute approximate surface area is 566 Å². The number of aryl methyl sites for hydroxylation is 1. The van der Waals surface area contributed by atoms with Crippen LogP contribution in [0, 0.1) is 59.7 Å². The molecule has 95 heavy (non-hydrogen) atoms. The van der Waals surface area contributed by atoms with Crippen LogP contribution >= 0.6 is 31.9 Å². The number of amides is 3. The number of aliphatic hydroxyl groups is 2. The van der Waals surface area contributed by atoms with Crippen molar-refractivity contribution < 1.29 is 56.7 Å². The summed E-state index contributed by atoms with van der Waals surface area (Å²) in [7, 11) is 5.37. The SMILES string of the molecule is Cn1c(Br)cnc1[C@H](O)[C@@H](O)C(=O)NCC1CCN(c2ccc(F)cc2C#N)CC1.[C-]#[N+]c1cc(F)ccc1N1CCC(CNC(=O)[C@@H]2OC(C)(C)O[C@H]2c2ncc(Br)n2C)CC1.[C-]#[N+]c1cc(F)ccc1N1CCC(CNC(=O)[C@@H]2OC(C)(C)O[C@H]2c2nccn2C)CC1. The maximum atomic E-state index is 13.4. The molecule has 0 bridgehead atoms. The first-order chi connectivity index (χ1) is 45.3. The number of nitrogens with one attached hydrogen (secondary N) is 3. The van der Waals surface area contributed by atoms with Crippen LogP contribution in [0.5, 0.6) is 0 Å². The maximum absolute atomic E-state index is 13.4. The van der Waals surface area contributed by atoms with E-state index in [1.807, 2.05) is 40.4 Å². The Bertz CT molecular complexity index is 3820. The highest BCUT2D eigenvalue weighted by molar-refractivity contribution is 9.10. The first-order valence-corrected chi connectivity index (χ1v) is 32.9. The standard InChI is InChI=1S/C23H27BrFN5O3.C23H28FN5O3.C20H23BrFN5O3/c1-23(2)32-19(21-27-13-18(24)29(21)4)20(33-23)22(31)28-12-14-7-9-30(10-8-14)17-6-5-15(25)11-16(17)26-3;1-23(2)31-19(21-26-9-12-28(21)4)20(32-23)22(30)27-14-15-7-10-29(11-8-15)18-6-5-16(24)13-17(18)25-3;1-26-16(21)11-24-19(26)17(28)18(29)20(30)25-10-12-4-6-27(7-5-12)15-3-2-14(22)8-13(15)9-23/h5-6,11,13-14,19-20H,7-10,12H2,1-2,4H3,(H,28,31);5-6,9,12-13,15,19-20H,7-8,10-11,14H2,1-2,4H3,(H,27,30);2-3,8,11-12,17-18,28-29H,4-7,10H2,1H3,(H,25,30)/t2*19-,20-;17-,18-/m111/s1. The number of rotatable bonds is 16. The predicted octanol–water partition coefficient (Wildman–Crippen LogP) is 9.05. The summed E-state index contributed by atoms with van der Waals surface area (Å²) in [5, 5.41) is 38.4. The lowest BCUT2D eigenvalue weighted by Crippen LogP contribution is -2.43. The van der Waals surface area contributed by atoms with Crippen molar-refractivity contribution >= 4 is 78.0 Å². The van der Waals surface area contributed by atoms with E-state index in [1.165, 1.54) is 42.6 Å². The van der Waals surface area contributed by atoms with Gasteiger partial charge in [-0.3, -0.25) is 14.4 Å². The molecule has 5 aliphatic heterocycles. The lowest BCUT2D eigenvalue weighted by Gasteiger charge is -2.34. The topological polar surface area (TPSA) is 260 Å². The highest BCUT2D eigenvalue weighted by atomic mass is 79.9. The number of carbonyl (C=O) groups excluding carboxylic acids is 3. The minimum atomic E-state index is -1.63. The number of benzene rings is 3. The average Bonchev–Trinajstić information content (AvgIpc) is 1.66. The molecule has 6 atom stereocenters. The molecule has 506 valence electrons. The van der Waals surface area contributed by atoms with Crippen LogP contribution in [0.3, 0.4) is 0 Å². The number of carbonyl (C=O) groups is 3. The van der Waals surface area contributed by atoms with Gasteiger partial charge in [0.05, 0.1) is 36.8 Å². The monoisotopic (exact) mass is 1440 g/mol. The van der Waals surface area contributed by atoms with Crippen LogP contribution in [0.4, 0.5) is 41.6 Å². The summed E-state index contributed by atoms with van der Waals surface area (Å²) in [6.45, 7) is 27.5. The average molecular weight is 1440 g/mol. The molecule has 0 saturated carbocycles. The van der Waals surface area contributed by atoms with Crippen LogP contribution in [0.2, 0.25) is 0 Å². The molecule has 3 aromatic carbocycles. The zero-order chi connectivity index (χ0) is 68.5. The third-order valence-corrected chi connectivity index (χ3v) is 19.1. The van der Waals surface area contributed by atoms with Gasteiger partial charge in [0.2, 0.25) is 11.4 Å². The van der Waals surface area contributed by atoms with E-state index in [2.05, 4.69) is 82.3 Å². The number of aromatic nitrogens is 6. The van der Waals surface area contributed by atoms with Gasteiger partial charge in [0.1, 0.15) is 56.3 Å². The molecule has 3 aromatic heterocycles. The van der Waals surface area contributed by atoms with Gasteiger partial charge in [0.15, 0.2) is 42.1 Å². The normalized spacial score (nSPS) is 21.0. The van der Waals surface area contributed by atoms with Crippen molar-refractivity contribution in [3.8, 4) is 6.07 Å².